The summed E-state index contributed by atoms with van der Waals surface area (Å²) >= 11 is 0. The summed E-state index contributed by atoms with van der Waals surface area (Å²) in [7, 11) is 0. The van der Waals surface area contributed by atoms with Crippen LogP contribution in [0.1, 0.15) is 36.5 Å². The van der Waals surface area contributed by atoms with Crippen LogP contribution in [-0.4, -0.2) is 0 Å². The summed E-state index contributed by atoms with van der Waals surface area (Å²) in [4.78, 5) is 0. The summed E-state index contributed by atoms with van der Waals surface area (Å²) in [5.74, 6) is 1.10. The molecule has 0 aliphatic heterocycles. The Morgan fingerprint density at radius 2 is 1.64 bits per heavy atom. The molecule has 0 saturated carbocycles. The fraction of sp³-hybridized carbons (Fsp3) is 0.174. The SMILES string of the molecule is CC(C)c1cccc(-c2ccc(OCc3ccccc3)c(C#N)c2)c1. The Morgan fingerprint density at radius 3 is 2.36 bits per heavy atom. The zero-order valence-corrected chi connectivity index (χ0v) is 14.6. The molecule has 0 fully saturated rings. The van der Waals surface area contributed by atoms with E-state index in [9.17, 15) is 5.26 Å². The van der Waals surface area contributed by atoms with Gasteiger partial charge in [0.05, 0.1) is 5.56 Å². The van der Waals surface area contributed by atoms with Crippen molar-refractivity contribution in [3.05, 3.63) is 89.5 Å². The highest BCUT2D eigenvalue weighted by Crippen LogP contribution is 2.29. The summed E-state index contributed by atoms with van der Waals surface area (Å²) < 4.78 is 5.84. The number of benzene rings is 3. The first-order valence-corrected chi connectivity index (χ1v) is 8.48. The maximum absolute atomic E-state index is 9.50. The van der Waals surface area contributed by atoms with Crippen LogP contribution < -0.4 is 4.74 Å². The maximum Gasteiger partial charge on any atom is 0.137 e. The van der Waals surface area contributed by atoms with Crippen molar-refractivity contribution in [3.63, 3.8) is 0 Å². The highest BCUT2D eigenvalue weighted by Gasteiger charge is 2.08. The van der Waals surface area contributed by atoms with Gasteiger partial charge >= 0.3 is 0 Å². The topological polar surface area (TPSA) is 33.0 Å². The lowest BCUT2D eigenvalue weighted by Crippen LogP contribution is -1.97. The zero-order chi connectivity index (χ0) is 17.6. The van der Waals surface area contributed by atoms with E-state index in [1.54, 1.807) is 0 Å². The minimum absolute atomic E-state index is 0.456. The monoisotopic (exact) mass is 327 g/mol. The molecule has 0 radical (unpaired) electrons. The number of rotatable bonds is 5. The second-order valence-electron chi connectivity index (χ2n) is 6.38. The largest absolute Gasteiger partial charge is 0.488 e. The second kappa shape index (κ2) is 7.68. The summed E-state index contributed by atoms with van der Waals surface area (Å²) in [6, 6.07) is 26.5. The Bertz CT molecular complexity index is 891. The highest BCUT2D eigenvalue weighted by molar-refractivity contribution is 5.68. The standard InChI is InChI=1S/C23H21NO/c1-17(2)19-9-6-10-20(13-19)21-11-12-23(22(14-21)15-24)25-16-18-7-4-3-5-8-18/h3-14,17H,16H2,1-2H3. The predicted octanol–water partition coefficient (Wildman–Crippen LogP) is 5.93. The van der Waals surface area contributed by atoms with Gasteiger partial charge in [-0.1, -0.05) is 74.5 Å². The molecule has 0 aromatic heterocycles. The van der Waals surface area contributed by atoms with Crippen molar-refractivity contribution in [2.24, 2.45) is 0 Å². The molecule has 0 atom stereocenters. The molecule has 3 aromatic carbocycles. The van der Waals surface area contributed by atoms with Gasteiger partial charge in [0.2, 0.25) is 0 Å². The van der Waals surface area contributed by atoms with E-state index in [1.807, 2.05) is 48.5 Å². The molecule has 0 N–H and O–H groups in total. The van der Waals surface area contributed by atoms with E-state index >= 15 is 0 Å². The number of hydrogen-bond donors (Lipinski definition) is 0. The van der Waals surface area contributed by atoms with Gasteiger partial charge in [-0.2, -0.15) is 5.26 Å². The van der Waals surface area contributed by atoms with Crippen molar-refractivity contribution >= 4 is 0 Å². The van der Waals surface area contributed by atoms with Gasteiger partial charge in [-0.3, -0.25) is 0 Å². The minimum atomic E-state index is 0.456. The fourth-order valence-electron chi connectivity index (χ4n) is 2.74. The molecular formula is C23H21NO. The van der Waals surface area contributed by atoms with E-state index in [2.05, 4.69) is 44.2 Å². The molecule has 3 rings (SSSR count). The van der Waals surface area contributed by atoms with Crippen LogP contribution in [0.2, 0.25) is 0 Å². The summed E-state index contributed by atoms with van der Waals surface area (Å²) in [6.45, 7) is 4.82. The Labute approximate surface area is 149 Å². The summed E-state index contributed by atoms with van der Waals surface area (Å²) in [6.07, 6.45) is 0. The average Bonchev–Trinajstić information content (AvgIpc) is 2.67. The van der Waals surface area contributed by atoms with Gasteiger partial charge in [0.15, 0.2) is 0 Å². The van der Waals surface area contributed by atoms with Crippen LogP contribution in [-0.2, 0) is 6.61 Å². The van der Waals surface area contributed by atoms with E-state index < -0.39 is 0 Å². The van der Waals surface area contributed by atoms with Crippen LogP contribution in [0.4, 0.5) is 0 Å². The van der Waals surface area contributed by atoms with Crippen LogP contribution in [0.25, 0.3) is 11.1 Å². The van der Waals surface area contributed by atoms with Crippen LogP contribution in [0, 0.1) is 11.3 Å². The van der Waals surface area contributed by atoms with Gasteiger partial charge in [-0.15, -0.1) is 0 Å². The van der Waals surface area contributed by atoms with Gasteiger partial charge < -0.3 is 4.74 Å². The summed E-state index contributed by atoms with van der Waals surface area (Å²) in [5, 5.41) is 9.50. The molecule has 124 valence electrons. The van der Waals surface area contributed by atoms with Crippen molar-refractivity contribution in [2.75, 3.05) is 0 Å². The number of ether oxygens (including phenoxy) is 1. The average molecular weight is 327 g/mol. The fourth-order valence-corrected chi connectivity index (χ4v) is 2.74. The molecule has 25 heavy (non-hydrogen) atoms. The van der Waals surface area contributed by atoms with Crippen molar-refractivity contribution < 1.29 is 4.74 Å². The molecule has 2 nitrogen and oxygen atoms in total. The van der Waals surface area contributed by atoms with Gasteiger partial charge in [0.25, 0.3) is 0 Å². The first-order valence-electron chi connectivity index (χ1n) is 8.48. The van der Waals surface area contributed by atoms with Gasteiger partial charge in [-0.05, 0) is 40.3 Å². The highest BCUT2D eigenvalue weighted by atomic mass is 16.5. The Morgan fingerprint density at radius 1 is 0.880 bits per heavy atom. The molecular weight excluding hydrogens is 306 g/mol. The third-order valence-corrected chi connectivity index (χ3v) is 4.22. The van der Waals surface area contributed by atoms with Crippen molar-refractivity contribution in [1.29, 1.82) is 5.26 Å². The van der Waals surface area contributed by atoms with Crippen molar-refractivity contribution in [1.82, 2.24) is 0 Å². The normalized spacial score (nSPS) is 10.5. The van der Waals surface area contributed by atoms with E-state index in [0.29, 0.717) is 23.8 Å². The smallest absolute Gasteiger partial charge is 0.137 e. The van der Waals surface area contributed by atoms with Gasteiger partial charge in [0, 0.05) is 0 Å². The number of nitrogens with zero attached hydrogens (tertiary/aromatic N) is 1. The first-order chi connectivity index (χ1) is 12.2. The number of nitriles is 1. The van der Waals surface area contributed by atoms with Crippen LogP contribution in [0.3, 0.4) is 0 Å². The molecule has 0 bridgehead atoms. The molecule has 0 saturated heterocycles. The third kappa shape index (κ3) is 4.08. The lowest BCUT2D eigenvalue weighted by atomic mass is 9.96. The molecule has 2 heteroatoms. The molecule has 0 heterocycles. The maximum atomic E-state index is 9.50. The predicted molar refractivity (Wildman–Crippen MR) is 101 cm³/mol. The first kappa shape index (κ1) is 16.8. The molecule has 0 aliphatic carbocycles. The molecule has 3 aromatic rings. The minimum Gasteiger partial charge on any atom is -0.488 e. The molecule has 0 amide bonds. The van der Waals surface area contributed by atoms with Gasteiger partial charge in [0.1, 0.15) is 18.4 Å². The van der Waals surface area contributed by atoms with E-state index in [-0.39, 0.29) is 0 Å². The van der Waals surface area contributed by atoms with Crippen LogP contribution in [0.5, 0.6) is 5.75 Å². The van der Waals surface area contributed by atoms with Gasteiger partial charge in [-0.25, -0.2) is 0 Å². The Hall–Kier alpha value is -3.05. The third-order valence-electron chi connectivity index (χ3n) is 4.22. The zero-order valence-electron chi connectivity index (χ0n) is 14.6. The van der Waals surface area contributed by atoms with Crippen molar-refractivity contribution in [3.8, 4) is 22.9 Å². The number of hydrogen-bond acceptors (Lipinski definition) is 2. The quantitative estimate of drug-likeness (QED) is 0.582. The van der Waals surface area contributed by atoms with E-state index in [0.717, 1.165) is 16.7 Å². The molecule has 0 spiro atoms. The second-order valence-corrected chi connectivity index (χ2v) is 6.38. The van der Waals surface area contributed by atoms with Crippen molar-refractivity contribution in [2.45, 2.75) is 26.4 Å². The van der Waals surface area contributed by atoms with Crippen LogP contribution in [0.15, 0.2) is 72.8 Å². The van der Waals surface area contributed by atoms with Crippen LogP contribution >= 0.6 is 0 Å². The lowest BCUT2D eigenvalue weighted by Gasteiger charge is -2.11. The van der Waals surface area contributed by atoms with E-state index in [4.69, 9.17) is 4.74 Å². The summed E-state index contributed by atoms with van der Waals surface area (Å²) in [5.41, 5.74) is 5.09. The Kier molecular flexibility index (Phi) is 5.16. The molecule has 0 aliphatic rings. The Balaban J connectivity index is 1.85. The molecule has 0 unspecified atom stereocenters. The van der Waals surface area contributed by atoms with E-state index in [1.165, 1.54) is 5.56 Å². The lowest BCUT2D eigenvalue weighted by molar-refractivity contribution is 0.305.